The zero-order valence-electron chi connectivity index (χ0n) is 16.1. The van der Waals surface area contributed by atoms with E-state index in [9.17, 15) is 13.2 Å². The lowest BCUT2D eigenvalue weighted by molar-refractivity contribution is 0.0868. The molecular formula is C20H20ClN5O3S. The molecule has 1 saturated heterocycles. The number of carbonyl (C=O) groups is 1. The molecule has 30 heavy (non-hydrogen) atoms. The van der Waals surface area contributed by atoms with Crippen molar-refractivity contribution in [1.29, 1.82) is 0 Å². The third kappa shape index (κ3) is 3.96. The monoisotopic (exact) mass is 445 g/mol. The molecule has 3 heterocycles. The van der Waals surface area contributed by atoms with Gasteiger partial charge >= 0.3 is 0 Å². The van der Waals surface area contributed by atoms with E-state index in [2.05, 4.69) is 15.3 Å². The van der Waals surface area contributed by atoms with E-state index >= 15 is 0 Å². The molecule has 0 radical (unpaired) electrons. The molecule has 0 saturated carbocycles. The molecule has 1 amide bonds. The molecule has 1 aliphatic heterocycles. The molecule has 1 fully saturated rings. The predicted octanol–water partition coefficient (Wildman–Crippen LogP) is 2.26. The average molecular weight is 446 g/mol. The van der Waals surface area contributed by atoms with Gasteiger partial charge in [-0.1, -0.05) is 29.8 Å². The Hall–Kier alpha value is -2.75. The van der Waals surface area contributed by atoms with Crippen molar-refractivity contribution in [2.24, 2.45) is 13.0 Å². The van der Waals surface area contributed by atoms with Crippen LogP contribution in [0, 0.1) is 5.92 Å². The number of amides is 1. The first-order valence-electron chi connectivity index (χ1n) is 9.30. The van der Waals surface area contributed by atoms with Gasteiger partial charge < -0.3 is 9.88 Å². The molecule has 156 valence electrons. The van der Waals surface area contributed by atoms with Gasteiger partial charge in [-0.05, 0) is 24.3 Å². The van der Waals surface area contributed by atoms with Crippen LogP contribution < -0.4 is 5.32 Å². The second-order valence-electron chi connectivity index (χ2n) is 7.15. The van der Waals surface area contributed by atoms with Crippen LogP contribution in [0.4, 0.5) is 0 Å². The highest BCUT2D eigenvalue weighted by molar-refractivity contribution is 7.89. The number of halogens is 1. The van der Waals surface area contributed by atoms with Crippen LogP contribution in [0.15, 0.2) is 66.2 Å². The number of pyridine rings is 1. The van der Waals surface area contributed by atoms with Crippen molar-refractivity contribution in [1.82, 2.24) is 24.2 Å². The number of sulfonamides is 1. The minimum atomic E-state index is -3.67. The van der Waals surface area contributed by atoms with E-state index in [4.69, 9.17) is 11.6 Å². The van der Waals surface area contributed by atoms with Crippen LogP contribution >= 0.6 is 11.6 Å². The van der Waals surface area contributed by atoms with Crippen molar-refractivity contribution >= 4 is 27.5 Å². The second-order valence-corrected chi connectivity index (χ2v) is 9.44. The van der Waals surface area contributed by atoms with Gasteiger partial charge in [-0.2, -0.15) is 4.31 Å². The van der Waals surface area contributed by atoms with Gasteiger partial charge in [0, 0.05) is 38.4 Å². The largest absolute Gasteiger partial charge is 0.343 e. The first-order chi connectivity index (χ1) is 14.4. The maximum absolute atomic E-state index is 12.8. The number of aryl methyl sites for hydroxylation is 1. The number of rotatable bonds is 6. The number of hydrogen-bond donors (Lipinski definition) is 1. The summed E-state index contributed by atoms with van der Waals surface area (Å²) in [7, 11) is -1.96. The lowest BCUT2D eigenvalue weighted by atomic mass is 9.90. The SMILES string of the molecule is Cn1cnc(S(=O)(=O)N2CC(C(NC(=O)c3ccccc3Cl)c3ccccn3)C2)c1. The van der Waals surface area contributed by atoms with Gasteiger partial charge in [0.1, 0.15) is 0 Å². The first kappa shape index (κ1) is 20.5. The molecule has 10 heteroatoms. The fourth-order valence-corrected chi connectivity index (χ4v) is 5.13. The quantitative estimate of drug-likeness (QED) is 0.627. The molecule has 3 aromatic rings. The molecule has 2 aromatic heterocycles. The van der Waals surface area contributed by atoms with Crippen molar-refractivity contribution in [2.45, 2.75) is 11.1 Å². The summed E-state index contributed by atoms with van der Waals surface area (Å²) < 4.78 is 28.4. The highest BCUT2D eigenvalue weighted by atomic mass is 35.5. The molecule has 0 aliphatic carbocycles. The van der Waals surface area contributed by atoms with Crippen molar-refractivity contribution in [2.75, 3.05) is 13.1 Å². The summed E-state index contributed by atoms with van der Waals surface area (Å²) in [6, 6.07) is 11.8. The fraction of sp³-hybridized carbons (Fsp3) is 0.250. The molecule has 1 N–H and O–H groups in total. The Morgan fingerprint density at radius 1 is 1.17 bits per heavy atom. The number of nitrogens with one attached hydrogen (secondary N) is 1. The van der Waals surface area contributed by atoms with E-state index in [-0.39, 0.29) is 29.9 Å². The molecule has 4 rings (SSSR count). The molecule has 1 unspecified atom stereocenters. The van der Waals surface area contributed by atoms with Crippen LogP contribution in [0.5, 0.6) is 0 Å². The van der Waals surface area contributed by atoms with Gasteiger partial charge in [-0.3, -0.25) is 9.78 Å². The van der Waals surface area contributed by atoms with E-state index in [1.165, 1.54) is 16.8 Å². The zero-order chi connectivity index (χ0) is 21.3. The molecule has 8 nitrogen and oxygen atoms in total. The predicted molar refractivity (Wildman–Crippen MR) is 111 cm³/mol. The van der Waals surface area contributed by atoms with E-state index in [0.29, 0.717) is 16.3 Å². The Balaban J connectivity index is 1.54. The van der Waals surface area contributed by atoms with Crippen LogP contribution in [0.1, 0.15) is 22.1 Å². The van der Waals surface area contributed by atoms with Gasteiger partial charge in [0.05, 0.1) is 28.6 Å². The smallest absolute Gasteiger partial charge is 0.262 e. The normalized spacial score (nSPS) is 16.1. The zero-order valence-corrected chi connectivity index (χ0v) is 17.7. The number of benzene rings is 1. The minimum absolute atomic E-state index is 0.0120. The number of imidazole rings is 1. The van der Waals surface area contributed by atoms with Gasteiger partial charge in [-0.25, -0.2) is 13.4 Å². The number of hydrogen-bond acceptors (Lipinski definition) is 5. The summed E-state index contributed by atoms with van der Waals surface area (Å²) in [4.78, 5) is 21.1. The summed E-state index contributed by atoms with van der Waals surface area (Å²) >= 11 is 6.16. The Labute approximate surface area is 179 Å². The van der Waals surface area contributed by atoms with E-state index < -0.39 is 16.1 Å². The Morgan fingerprint density at radius 3 is 2.53 bits per heavy atom. The third-order valence-electron chi connectivity index (χ3n) is 5.04. The highest BCUT2D eigenvalue weighted by Gasteiger charge is 2.43. The van der Waals surface area contributed by atoms with Crippen LogP contribution in [0.25, 0.3) is 0 Å². The molecular weight excluding hydrogens is 426 g/mol. The van der Waals surface area contributed by atoms with E-state index in [0.717, 1.165) is 0 Å². The maximum atomic E-state index is 12.8. The summed E-state index contributed by atoms with van der Waals surface area (Å²) in [6.45, 7) is 0.506. The lowest BCUT2D eigenvalue weighted by Gasteiger charge is -2.41. The van der Waals surface area contributed by atoms with Crippen LogP contribution in [-0.2, 0) is 17.1 Å². The Bertz CT molecular complexity index is 1160. The second kappa shape index (κ2) is 8.17. The Kier molecular flexibility index (Phi) is 5.59. The van der Waals surface area contributed by atoms with Crippen LogP contribution in [0.3, 0.4) is 0 Å². The standard InChI is InChI=1S/C20H20ClN5O3S/c1-25-12-18(23-13-25)30(28,29)26-10-14(11-26)19(17-8-4-5-9-22-17)24-20(27)15-6-2-3-7-16(15)21/h2-9,12-14,19H,10-11H2,1H3,(H,24,27). The third-order valence-corrected chi connectivity index (χ3v) is 7.09. The minimum Gasteiger partial charge on any atom is -0.343 e. The topological polar surface area (TPSA) is 97.2 Å². The summed E-state index contributed by atoms with van der Waals surface area (Å²) in [5.74, 6) is -0.466. The molecule has 1 aromatic carbocycles. The van der Waals surface area contributed by atoms with Crippen LogP contribution in [-0.4, -0.2) is 46.3 Å². The van der Waals surface area contributed by atoms with Crippen molar-refractivity contribution in [3.8, 4) is 0 Å². The molecule has 0 spiro atoms. The van der Waals surface area contributed by atoms with E-state index in [1.54, 1.807) is 48.1 Å². The fourth-order valence-electron chi connectivity index (χ4n) is 3.39. The van der Waals surface area contributed by atoms with Gasteiger partial charge in [-0.15, -0.1) is 0 Å². The number of aromatic nitrogens is 3. The molecule has 0 bridgehead atoms. The van der Waals surface area contributed by atoms with Crippen LogP contribution in [0.2, 0.25) is 5.02 Å². The molecule has 1 atom stereocenters. The van der Waals surface area contributed by atoms with Crippen molar-refractivity contribution in [3.05, 3.63) is 77.5 Å². The lowest BCUT2D eigenvalue weighted by Crippen LogP contribution is -2.55. The highest BCUT2D eigenvalue weighted by Crippen LogP contribution is 2.33. The maximum Gasteiger partial charge on any atom is 0.262 e. The summed E-state index contributed by atoms with van der Waals surface area (Å²) in [6.07, 6.45) is 4.56. The summed E-state index contributed by atoms with van der Waals surface area (Å²) in [5.41, 5.74) is 1.02. The molecule has 1 aliphatic rings. The number of nitrogens with zero attached hydrogens (tertiary/aromatic N) is 4. The number of carbonyl (C=O) groups excluding carboxylic acids is 1. The van der Waals surface area contributed by atoms with Crippen molar-refractivity contribution in [3.63, 3.8) is 0 Å². The van der Waals surface area contributed by atoms with E-state index in [1.807, 2.05) is 12.1 Å². The summed E-state index contributed by atoms with van der Waals surface area (Å²) in [5, 5.41) is 3.34. The average Bonchev–Trinajstić information content (AvgIpc) is 3.14. The Morgan fingerprint density at radius 2 is 1.90 bits per heavy atom. The van der Waals surface area contributed by atoms with Gasteiger partial charge in [0.25, 0.3) is 15.9 Å². The van der Waals surface area contributed by atoms with Gasteiger partial charge in [0.15, 0.2) is 5.03 Å². The first-order valence-corrected chi connectivity index (χ1v) is 11.1. The van der Waals surface area contributed by atoms with Crippen molar-refractivity contribution < 1.29 is 13.2 Å². The van der Waals surface area contributed by atoms with Gasteiger partial charge in [0.2, 0.25) is 0 Å².